The average Bonchev–Trinajstić information content (AvgIpc) is 3.54. The van der Waals surface area contributed by atoms with E-state index in [4.69, 9.17) is 0 Å². The van der Waals surface area contributed by atoms with Gasteiger partial charge in [0.15, 0.2) is 0 Å². The molecule has 1 atom stereocenters. The lowest BCUT2D eigenvalue weighted by Gasteiger charge is -2.27. The molecule has 2 N–H and O–H groups in total. The van der Waals surface area contributed by atoms with E-state index in [1.54, 1.807) is 0 Å². The van der Waals surface area contributed by atoms with E-state index in [2.05, 4.69) is 10.6 Å². The molecule has 0 bridgehead atoms. The molecule has 1 aliphatic carbocycles. The molecular formula is C23H27N3O2. The highest BCUT2D eigenvalue weighted by Crippen LogP contribution is 2.23. The molecule has 0 spiro atoms. The van der Waals surface area contributed by atoms with Gasteiger partial charge in [-0.2, -0.15) is 0 Å². The summed E-state index contributed by atoms with van der Waals surface area (Å²) in [4.78, 5) is 26.7. The quantitative estimate of drug-likeness (QED) is 0.778. The van der Waals surface area contributed by atoms with Crippen LogP contribution in [0.1, 0.15) is 49.3 Å². The van der Waals surface area contributed by atoms with Crippen molar-refractivity contribution >= 4 is 17.5 Å². The van der Waals surface area contributed by atoms with Crippen LogP contribution in [-0.2, 0) is 16.1 Å². The lowest BCUT2D eigenvalue weighted by Crippen LogP contribution is -2.38. The van der Waals surface area contributed by atoms with Crippen LogP contribution in [0.3, 0.4) is 0 Å². The minimum absolute atomic E-state index is 0.0317. The smallest absolute Gasteiger partial charge is 0.241 e. The summed E-state index contributed by atoms with van der Waals surface area (Å²) in [6, 6.07) is 17.9. The number of anilines is 1. The van der Waals surface area contributed by atoms with Crippen molar-refractivity contribution < 1.29 is 9.59 Å². The van der Waals surface area contributed by atoms with Gasteiger partial charge in [-0.05, 0) is 48.9 Å². The van der Waals surface area contributed by atoms with E-state index in [0.717, 1.165) is 49.0 Å². The normalized spacial score (nSPS) is 18.0. The van der Waals surface area contributed by atoms with E-state index in [9.17, 15) is 9.59 Å². The zero-order chi connectivity index (χ0) is 19.3. The third-order valence-corrected chi connectivity index (χ3v) is 5.40. The molecule has 146 valence electrons. The highest BCUT2D eigenvalue weighted by molar-refractivity contribution is 5.93. The topological polar surface area (TPSA) is 61.4 Å². The maximum Gasteiger partial charge on any atom is 0.241 e. The number of carbonyl (C=O) groups is 2. The third kappa shape index (κ3) is 4.60. The van der Waals surface area contributed by atoms with Crippen molar-refractivity contribution in [3.05, 3.63) is 65.7 Å². The van der Waals surface area contributed by atoms with Crippen LogP contribution in [0.4, 0.5) is 5.69 Å². The van der Waals surface area contributed by atoms with Crippen LogP contribution >= 0.6 is 0 Å². The summed E-state index contributed by atoms with van der Waals surface area (Å²) in [6.45, 7) is 1.39. The van der Waals surface area contributed by atoms with Crippen molar-refractivity contribution in [1.29, 1.82) is 0 Å². The second-order valence-corrected chi connectivity index (χ2v) is 7.68. The summed E-state index contributed by atoms with van der Waals surface area (Å²) in [5.41, 5.74) is 3.02. The van der Waals surface area contributed by atoms with Crippen molar-refractivity contribution in [3.63, 3.8) is 0 Å². The first-order valence-electron chi connectivity index (χ1n) is 10.2. The molecule has 1 aliphatic heterocycles. The Labute approximate surface area is 166 Å². The van der Waals surface area contributed by atoms with Crippen LogP contribution in [0.2, 0.25) is 0 Å². The van der Waals surface area contributed by atoms with Gasteiger partial charge in [-0.1, -0.05) is 42.5 Å². The highest BCUT2D eigenvalue weighted by Gasteiger charge is 2.28. The Kier molecular flexibility index (Phi) is 5.72. The summed E-state index contributed by atoms with van der Waals surface area (Å²) >= 11 is 0. The minimum Gasteiger partial charge on any atom is -0.352 e. The van der Waals surface area contributed by atoms with Gasteiger partial charge in [0.1, 0.15) is 6.04 Å². The Hall–Kier alpha value is -2.66. The highest BCUT2D eigenvalue weighted by atomic mass is 16.2. The molecule has 2 aromatic carbocycles. The van der Waals surface area contributed by atoms with Gasteiger partial charge in [0.25, 0.3) is 0 Å². The van der Waals surface area contributed by atoms with E-state index in [1.807, 2.05) is 59.5 Å². The predicted molar refractivity (Wildman–Crippen MR) is 110 cm³/mol. The monoisotopic (exact) mass is 377 g/mol. The van der Waals surface area contributed by atoms with E-state index in [1.165, 1.54) is 0 Å². The minimum atomic E-state index is -0.370. The Morgan fingerprint density at radius 3 is 2.46 bits per heavy atom. The first kappa shape index (κ1) is 18.7. The largest absolute Gasteiger partial charge is 0.352 e. The van der Waals surface area contributed by atoms with Crippen LogP contribution in [0.15, 0.2) is 54.6 Å². The molecule has 2 aromatic rings. The summed E-state index contributed by atoms with van der Waals surface area (Å²) in [6.07, 6.45) is 4.83. The van der Waals surface area contributed by atoms with Crippen molar-refractivity contribution in [2.75, 3.05) is 11.4 Å². The van der Waals surface area contributed by atoms with E-state index >= 15 is 0 Å². The maximum atomic E-state index is 12.7. The summed E-state index contributed by atoms with van der Waals surface area (Å²) in [5, 5.41) is 6.50. The van der Waals surface area contributed by atoms with Gasteiger partial charge >= 0.3 is 0 Å². The molecule has 4 rings (SSSR count). The number of amides is 2. The predicted octanol–water partition coefficient (Wildman–Crippen LogP) is 3.31. The number of nitrogens with zero attached hydrogens (tertiary/aromatic N) is 1. The number of nitrogens with one attached hydrogen (secondary N) is 2. The number of hydrogen-bond donors (Lipinski definition) is 2. The first-order valence-corrected chi connectivity index (χ1v) is 10.2. The SMILES string of the molecule is O=C(NC1CC1)C(NCc1ccc(N2CCCCC2=O)cc1)c1ccccc1. The van der Waals surface area contributed by atoms with Crippen LogP contribution in [0, 0.1) is 0 Å². The standard InChI is InChI=1S/C23H27N3O2/c27-21-8-4-5-15-26(21)20-13-9-17(10-14-20)16-24-22(18-6-2-1-3-7-18)23(28)25-19-11-12-19/h1-3,6-7,9-10,13-14,19,22,24H,4-5,8,11-12,15-16H2,(H,25,28). The van der Waals surface area contributed by atoms with E-state index < -0.39 is 0 Å². The Morgan fingerprint density at radius 2 is 1.79 bits per heavy atom. The zero-order valence-corrected chi connectivity index (χ0v) is 16.1. The van der Waals surface area contributed by atoms with E-state index in [-0.39, 0.29) is 17.9 Å². The maximum absolute atomic E-state index is 12.7. The molecule has 5 nitrogen and oxygen atoms in total. The Morgan fingerprint density at radius 1 is 1.04 bits per heavy atom. The van der Waals surface area contributed by atoms with Crippen molar-refractivity contribution in [2.45, 2.75) is 50.7 Å². The fourth-order valence-electron chi connectivity index (χ4n) is 3.61. The Balaban J connectivity index is 1.41. The van der Waals surface area contributed by atoms with E-state index in [0.29, 0.717) is 19.0 Å². The average molecular weight is 377 g/mol. The second kappa shape index (κ2) is 8.57. The molecule has 1 unspecified atom stereocenters. The third-order valence-electron chi connectivity index (χ3n) is 5.40. The van der Waals surface area contributed by atoms with Gasteiger partial charge in [-0.3, -0.25) is 14.9 Å². The summed E-state index contributed by atoms with van der Waals surface area (Å²) in [7, 11) is 0. The number of rotatable bonds is 7. The van der Waals surface area contributed by atoms with Crippen LogP contribution in [0.25, 0.3) is 0 Å². The number of carbonyl (C=O) groups excluding carboxylic acids is 2. The molecule has 1 saturated heterocycles. The zero-order valence-electron chi connectivity index (χ0n) is 16.1. The van der Waals surface area contributed by atoms with Crippen LogP contribution in [-0.4, -0.2) is 24.4 Å². The van der Waals surface area contributed by atoms with Gasteiger partial charge in [-0.25, -0.2) is 0 Å². The molecule has 1 saturated carbocycles. The van der Waals surface area contributed by atoms with Gasteiger partial charge in [0, 0.05) is 31.2 Å². The molecule has 1 heterocycles. The number of hydrogen-bond acceptors (Lipinski definition) is 3. The van der Waals surface area contributed by atoms with Crippen molar-refractivity contribution in [2.24, 2.45) is 0 Å². The van der Waals surface area contributed by atoms with Gasteiger partial charge < -0.3 is 10.2 Å². The molecular weight excluding hydrogens is 350 g/mol. The van der Waals surface area contributed by atoms with Gasteiger partial charge in [0.05, 0.1) is 0 Å². The number of piperidine rings is 1. The lowest BCUT2D eigenvalue weighted by atomic mass is 10.1. The van der Waals surface area contributed by atoms with Crippen LogP contribution < -0.4 is 15.5 Å². The lowest BCUT2D eigenvalue weighted by molar-refractivity contribution is -0.123. The molecule has 2 amide bonds. The fraction of sp³-hybridized carbons (Fsp3) is 0.391. The summed E-state index contributed by atoms with van der Waals surface area (Å²) < 4.78 is 0. The first-order chi connectivity index (χ1) is 13.7. The molecule has 0 radical (unpaired) electrons. The van der Waals surface area contributed by atoms with Gasteiger partial charge in [-0.15, -0.1) is 0 Å². The fourth-order valence-corrected chi connectivity index (χ4v) is 3.61. The van der Waals surface area contributed by atoms with Crippen molar-refractivity contribution in [3.8, 4) is 0 Å². The van der Waals surface area contributed by atoms with Crippen molar-refractivity contribution in [1.82, 2.24) is 10.6 Å². The van der Waals surface area contributed by atoms with Crippen LogP contribution in [0.5, 0.6) is 0 Å². The molecule has 0 aromatic heterocycles. The summed E-state index contributed by atoms with van der Waals surface area (Å²) in [5.74, 6) is 0.238. The molecule has 2 aliphatic rings. The number of benzene rings is 2. The van der Waals surface area contributed by atoms with Gasteiger partial charge in [0.2, 0.25) is 11.8 Å². The second-order valence-electron chi connectivity index (χ2n) is 7.68. The molecule has 5 heteroatoms. The Bertz CT molecular complexity index is 816. The molecule has 28 heavy (non-hydrogen) atoms. The molecule has 2 fully saturated rings.